The third kappa shape index (κ3) is 3.68. The highest BCUT2D eigenvalue weighted by Crippen LogP contribution is 2.39. The molecule has 1 unspecified atom stereocenters. The van der Waals surface area contributed by atoms with E-state index < -0.39 is 11.9 Å². The van der Waals surface area contributed by atoms with Crippen LogP contribution in [0.5, 0.6) is 0 Å². The smallest absolute Gasteiger partial charge is 0.290 e. The average Bonchev–Trinajstić information content (AvgIpc) is 3.13. The van der Waals surface area contributed by atoms with Gasteiger partial charge in [-0.2, -0.15) is 0 Å². The maximum Gasteiger partial charge on any atom is 0.290 e. The van der Waals surface area contributed by atoms with Crippen molar-refractivity contribution in [3.05, 3.63) is 93.6 Å². The molecule has 5 nitrogen and oxygen atoms in total. The maximum atomic E-state index is 14.2. The molecule has 0 spiro atoms. The van der Waals surface area contributed by atoms with E-state index in [1.165, 1.54) is 12.1 Å². The normalized spacial score (nSPS) is 15.6. The first-order valence-corrected chi connectivity index (χ1v) is 11.8. The first-order valence-electron chi connectivity index (χ1n) is 11.8. The van der Waals surface area contributed by atoms with Crippen molar-refractivity contribution in [2.75, 3.05) is 26.2 Å². The number of fused-ring (bicyclic) bond motifs is 4. The van der Waals surface area contributed by atoms with Crippen LogP contribution in [0.3, 0.4) is 0 Å². The molecule has 0 N–H and O–H groups in total. The number of benzene rings is 3. The Morgan fingerprint density at radius 2 is 1.76 bits per heavy atom. The molecule has 0 saturated carbocycles. The molecular weight excluding hydrogens is 431 g/mol. The molecule has 0 fully saturated rings. The van der Waals surface area contributed by atoms with Gasteiger partial charge in [-0.3, -0.25) is 9.59 Å². The average molecular weight is 459 g/mol. The predicted octanol–water partition coefficient (Wildman–Crippen LogP) is 5.36. The number of amides is 1. The lowest BCUT2D eigenvalue weighted by Gasteiger charge is -2.26. The zero-order chi connectivity index (χ0) is 23.8. The summed E-state index contributed by atoms with van der Waals surface area (Å²) in [5.74, 6) is -0.667. The summed E-state index contributed by atoms with van der Waals surface area (Å²) in [6, 6.07) is 16.7. The Balaban J connectivity index is 1.66. The molecule has 0 radical (unpaired) electrons. The minimum absolute atomic E-state index is 0.0611. The molecule has 2 heterocycles. The summed E-state index contributed by atoms with van der Waals surface area (Å²) in [5.41, 5.74) is 1.04. The van der Waals surface area contributed by atoms with Crippen LogP contribution in [0.4, 0.5) is 4.39 Å². The first kappa shape index (κ1) is 22.3. The van der Waals surface area contributed by atoms with E-state index in [0.717, 1.165) is 36.8 Å². The van der Waals surface area contributed by atoms with Crippen LogP contribution < -0.4 is 5.43 Å². The van der Waals surface area contributed by atoms with Gasteiger partial charge in [0.15, 0.2) is 5.43 Å². The van der Waals surface area contributed by atoms with E-state index in [1.807, 2.05) is 30.3 Å². The van der Waals surface area contributed by atoms with Gasteiger partial charge in [0.2, 0.25) is 5.76 Å². The van der Waals surface area contributed by atoms with Crippen LogP contribution in [0.15, 0.2) is 69.9 Å². The molecule has 174 valence electrons. The van der Waals surface area contributed by atoms with Gasteiger partial charge in [-0.05, 0) is 55.2 Å². The lowest BCUT2D eigenvalue weighted by atomic mass is 9.97. The number of carbonyl (C=O) groups is 1. The van der Waals surface area contributed by atoms with Gasteiger partial charge < -0.3 is 14.2 Å². The van der Waals surface area contributed by atoms with Gasteiger partial charge >= 0.3 is 0 Å². The van der Waals surface area contributed by atoms with Gasteiger partial charge in [0.05, 0.1) is 17.0 Å². The van der Waals surface area contributed by atoms with Gasteiger partial charge in [-0.15, -0.1) is 0 Å². The summed E-state index contributed by atoms with van der Waals surface area (Å²) in [4.78, 5) is 31.3. The quantitative estimate of drug-likeness (QED) is 0.350. The summed E-state index contributed by atoms with van der Waals surface area (Å²) in [6.45, 7) is 7.34. The van der Waals surface area contributed by atoms with E-state index in [2.05, 4.69) is 18.7 Å². The SMILES string of the molecule is CCN(CC)CCCN1C(=O)c2oc3c(ccc4ccccc43)c(=O)c2C1c1cccc(F)c1. The Bertz CT molecular complexity index is 1440. The Kier molecular flexibility index (Phi) is 5.92. The van der Waals surface area contributed by atoms with Crippen molar-refractivity contribution >= 4 is 27.6 Å². The van der Waals surface area contributed by atoms with Crippen molar-refractivity contribution < 1.29 is 13.6 Å². The molecule has 4 aromatic rings. The molecule has 3 aromatic carbocycles. The third-order valence-electron chi connectivity index (χ3n) is 6.79. The van der Waals surface area contributed by atoms with E-state index >= 15 is 0 Å². The number of hydrogen-bond donors (Lipinski definition) is 0. The zero-order valence-corrected chi connectivity index (χ0v) is 19.4. The minimum atomic E-state index is -0.679. The largest absolute Gasteiger partial charge is 0.450 e. The summed E-state index contributed by atoms with van der Waals surface area (Å²) >= 11 is 0. The molecule has 0 aliphatic carbocycles. The second-order valence-corrected chi connectivity index (χ2v) is 8.67. The van der Waals surface area contributed by atoms with Gasteiger partial charge in [0, 0.05) is 11.9 Å². The third-order valence-corrected chi connectivity index (χ3v) is 6.79. The van der Waals surface area contributed by atoms with Gasteiger partial charge in [-0.25, -0.2) is 4.39 Å². The van der Waals surface area contributed by atoms with E-state index in [1.54, 1.807) is 23.1 Å². The molecular formula is C28H27FN2O3. The zero-order valence-electron chi connectivity index (χ0n) is 19.4. The van der Waals surface area contributed by atoms with Crippen LogP contribution in [0.1, 0.15) is 48.0 Å². The Hall–Kier alpha value is -3.51. The van der Waals surface area contributed by atoms with E-state index in [0.29, 0.717) is 28.6 Å². The molecule has 1 atom stereocenters. The van der Waals surface area contributed by atoms with E-state index in [4.69, 9.17) is 4.42 Å². The van der Waals surface area contributed by atoms with Gasteiger partial charge in [0.25, 0.3) is 5.91 Å². The summed E-state index contributed by atoms with van der Waals surface area (Å²) in [6.07, 6.45) is 0.740. The first-order chi connectivity index (χ1) is 16.5. The fraction of sp³-hybridized carbons (Fsp3) is 0.286. The second-order valence-electron chi connectivity index (χ2n) is 8.67. The van der Waals surface area contributed by atoms with E-state index in [-0.39, 0.29) is 17.1 Å². The number of halogens is 1. The highest BCUT2D eigenvalue weighted by Gasteiger charge is 2.42. The minimum Gasteiger partial charge on any atom is -0.450 e. The fourth-order valence-electron chi connectivity index (χ4n) is 5.01. The van der Waals surface area contributed by atoms with Crippen LogP contribution in [0, 0.1) is 5.82 Å². The van der Waals surface area contributed by atoms with Gasteiger partial charge in [-0.1, -0.05) is 56.3 Å². The molecule has 0 saturated heterocycles. The van der Waals surface area contributed by atoms with Gasteiger partial charge in [0.1, 0.15) is 11.4 Å². The van der Waals surface area contributed by atoms with Crippen molar-refractivity contribution in [3.63, 3.8) is 0 Å². The Morgan fingerprint density at radius 3 is 2.53 bits per heavy atom. The number of hydrogen-bond acceptors (Lipinski definition) is 4. The van der Waals surface area contributed by atoms with Crippen LogP contribution in [-0.2, 0) is 0 Å². The summed E-state index contributed by atoms with van der Waals surface area (Å²) in [7, 11) is 0. The topological polar surface area (TPSA) is 53.8 Å². The molecule has 1 aliphatic rings. The molecule has 1 amide bonds. The Labute approximate surface area is 197 Å². The van der Waals surface area contributed by atoms with Crippen LogP contribution in [0.2, 0.25) is 0 Å². The molecule has 1 aliphatic heterocycles. The number of nitrogens with zero attached hydrogens (tertiary/aromatic N) is 2. The lowest BCUT2D eigenvalue weighted by Crippen LogP contribution is -2.33. The molecule has 6 heteroatoms. The summed E-state index contributed by atoms with van der Waals surface area (Å²) < 4.78 is 20.4. The maximum absolute atomic E-state index is 14.2. The number of carbonyl (C=O) groups excluding carboxylic acids is 1. The molecule has 0 bridgehead atoms. The predicted molar refractivity (Wildman–Crippen MR) is 132 cm³/mol. The highest BCUT2D eigenvalue weighted by molar-refractivity contribution is 6.06. The van der Waals surface area contributed by atoms with Crippen LogP contribution >= 0.6 is 0 Å². The number of rotatable bonds is 7. The standard InChI is InChI=1S/C28H27FN2O3/c1-3-30(4-2)15-8-16-31-24(19-10-7-11-20(29)17-19)23-25(32)22-14-13-18-9-5-6-12-21(18)26(22)34-27(23)28(31)33/h5-7,9-14,17,24H,3-4,8,15-16H2,1-2H3. The van der Waals surface area contributed by atoms with E-state index in [9.17, 15) is 14.0 Å². The van der Waals surface area contributed by atoms with Crippen LogP contribution in [0.25, 0.3) is 21.7 Å². The highest BCUT2D eigenvalue weighted by atomic mass is 19.1. The Morgan fingerprint density at radius 1 is 0.971 bits per heavy atom. The summed E-state index contributed by atoms with van der Waals surface area (Å²) in [5, 5.41) is 2.15. The molecule has 34 heavy (non-hydrogen) atoms. The fourth-order valence-corrected chi connectivity index (χ4v) is 5.01. The second kappa shape index (κ2) is 9.03. The monoisotopic (exact) mass is 458 g/mol. The van der Waals surface area contributed by atoms with Crippen molar-refractivity contribution in [1.82, 2.24) is 9.80 Å². The van der Waals surface area contributed by atoms with Crippen LogP contribution in [-0.4, -0.2) is 41.9 Å². The lowest BCUT2D eigenvalue weighted by molar-refractivity contribution is 0.0720. The molecule has 1 aromatic heterocycles. The molecule has 5 rings (SSSR count). The van der Waals surface area contributed by atoms with Crippen molar-refractivity contribution in [2.45, 2.75) is 26.3 Å². The van der Waals surface area contributed by atoms with Crippen molar-refractivity contribution in [2.24, 2.45) is 0 Å². The van der Waals surface area contributed by atoms with Crippen molar-refractivity contribution in [3.8, 4) is 0 Å². The van der Waals surface area contributed by atoms with Crippen molar-refractivity contribution in [1.29, 1.82) is 0 Å².